The van der Waals surface area contributed by atoms with Crippen molar-refractivity contribution >= 4 is 51.7 Å². The summed E-state index contributed by atoms with van der Waals surface area (Å²) in [4.78, 5) is 35.0. The molecule has 0 unspecified atom stereocenters. The molecule has 0 radical (unpaired) electrons. The average molecular weight is 429 g/mol. The number of nitrogens with one attached hydrogen (secondary N) is 2. The van der Waals surface area contributed by atoms with E-state index < -0.39 is 10.8 Å². The van der Waals surface area contributed by atoms with E-state index in [9.17, 15) is 19.7 Å². The lowest BCUT2D eigenvalue weighted by molar-refractivity contribution is -0.380. The van der Waals surface area contributed by atoms with Gasteiger partial charge in [-0.15, -0.1) is 0 Å². The van der Waals surface area contributed by atoms with Crippen LogP contribution in [0.25, 0.3) is 0 Å². The van der Waals surface area contributed by atoms with Crippen LogP contribution in [0.5, 0.6) is 0 Å². The lowest BCUT2D eigenvalue weighted by atomic mass is 10.1. The smallest absolute Gasteiger partial charge is 0.322 e. The highest BCUT2D eigenvalue weighted by Gasteiger charge is 2.10. The van der Waals surface area contributed by atoms with Crippen molar-refractivity contribution in [3.05, 3.63) is 91.8 Å². The molecule has 29 heavy (non-hydrogen) atoms. The van der Waals surface area contributed by atoms with Crippen LogP contribution in [-0.4, -0.2) is 23.0 Å². The number of carbonyl (C=O) groups is 2. The first-order chi connectivity index (χ1) is 13.9. The van der Waals surface area contributed by atoms with Gasteiger partial charge < -0.3 is 5.32 Å². The second-order valence-corrected chi connectivity index (χ2v) is 7.20. The third-order valence-electron chi connectivity index (χ3n) is 3.64. The van der Waals surface area contributed by atoms with Crippen LogP contribution in [0.1, 0.15) is 25.6 Å². The van der Waals surface area contributed by atoms with Gasteiger partial charge in [-0.1, -0.05) is 29.0 Å². The highest BCUT2D eigenvalue weighted by Crippen LogP contribution is 2.22. The van der Waals surface area contributed by atoms with Gasteiger partial charge >= 0.3 is 5.00 Å². The molecule has 0 fully saturated rings. The maximum atomic E-state index is 12.2. The minimum Gasteiger partial charge on any atom is -0.322 e. The van der Waals surface area contributed by atoms with Crippen LogP contribution in [-0.2, 0) is 0 Å². The molecule has 2 aromatic carbocycles. The van der Waals surface area contributed by atoms with Gasteiger partial charge in [0.15, 0.2) is 0 Å². The number of thiophene rings is 1. The second-order valence-electron chi connectivity index (χ2n) is 5.67. The Bertz CT molecular complexity index is 1100. The Morgan fingerprint density at radius 1 is 1.03 bits per heavy atom. The summed E-state index contributed by atoms with van der Waals surface area (Å²) in [5, 5.41) is 17.6. The molecule has 0 saturated carbocycles. The summed E-state index contributed by atoms with van der Waals surface area (Å²) in [5.41, 5.74) is 3.61. The molecule has 0 bridgehead atoms. The molecule has 0 aliphatic heterocycles. The van der Waals surface area contributed by atoms with Crippen molar-refractivity contribution in [3.63, 3.8) is 0 Å². The molecule has 10 heteroatoms. The fraction of sp³-hybridized carbons (Fsp3) is 0. The van der Waals surface area contributed by atoms with Crippen molar-refractivity contribution < 1.29 is 14.5 Å². The number of rotatable bonds is 6. The van der Waals surface area contributed by atoms with Gasteiger partial charge in [0.05, 0.1) is 16.0 Å². The van der Waals surface area contributed by atoms with Gasteiger partial charge in [0.25, 0.3) is 11.8 Å². The molecule has 0 aliphatic carbocycles. The lowest BCUT2D eigenvalue weighted by Crippen LogP contribution is -2.17. The predicted molar refractivity (Wildman–Crippen MR) is 112 cm³/mol. The molecule has 146 valence electrons. The van der Waals surface area contributed by atoms with Crippen LogP contribution < -0.4 is 10.7 Å². The van der Waals surface area contributed by atoms with E-state index in [4.69, 9.17) is 11.6 Å². The van der Waals surface area contributed by atoms with Crippen LogP contribution in [0.2, 0.25) is 5.02 Å². The van der Waals surface area contributed by atoms with Crippen molar-refractivity contribution in [3.8, 4) is 0 Å². The molecule has 0 aliphatic rings. The fourth-order valence-corrected chi connectivity index (χ4v) is 3.15. The summed E-state index contributed by atoms with van der Waals surface area (Å²) in [6.45, 7) is 0. The zero-order valence-electron chi connectivity index (χ0n) is 14.7. The molecule has 0 saturated heterocycles. The average Bonchev–Trinajstić information content (AvgIpc) is 3.18. The van der Waals surface area contributed by atoms with Gasteiger partial charge in [-0.2, -0.15) is 5.10 Å². The molecule has 1 aromatic heterocycles. The minimum absolute atomic E-state index is 0.00631. The number of nitrogens with zero attached hydrogens (tertiary/aromatic N) is 2. The van der Waals surface area contributed by atoms with Crippen LogP contribution >= 0.6 is 22.9 Å². The molecule has 8 nitrogen and oxygen atoms in total. The van der Waals surface area contributed by atoms with Crippen molar-refractivity contribution in [1.82, 2.24) is 5.43 Å². The number of hydrogen-bond donors (Lipinski definition) is 2. The molecule has 2 amide bonds. The van der Waals surface area contributed by atoms with Gasteiger partial charge in [0.2, 0.25) is 0 Å². The zero-order chi connectivity index (χ0) is 20.8. The maximum Gasteiger partial charge on any atom is 0.324 e. The normalized spacial score (nSPS) is 10.7. The molecule has 2 N–H and O–H groups in total. The Kier molecular flexibility index (Phi) is 6.32. The van der Waals surface area contributed by atoms with Gasteiger partial charge in [-0.3, -0.25) is 19.7 Å². The molecule has 3 rings (SSSR count). The number of amides is 2. The van der Waals surface area contributed by atoms with E-state index >= 15 is 0 Å². The number of anilines is 1. The molecule has 1 heterocycles. The first-order valence-electron chi connectivity index (χ1n) is 8.17. The predicted octanol–water partition coefficient (Wildman–Crippen LogP) is 4.33. The van der Waals surface area contributed by atoms with Gasteiger partial charge in [-0.25, -0.2) is 5.43 Å². The summed E-state index contributed by atoms with van der Waals surface area (Å²) in [5.74, 6) is -0.778. The Morgan fingerprint density at radius 2 is 1.79 bits per heavy atom. The Balaban J connectivity index is 1.57. The summed E-state index contributed by atoms with van der Waals surface area (Å²) >= 11 is 6.83. The summed E-state index contributed by atoms with van der Waals surface area (Å²) in [6.07, 6.45) is 1.33. The third kappa shape index (κ3) is 5.47. The molecular formula is C19H13ClN4O4S. The standard InChI is InChI=1S/C19H13ClN4O4S/c20-14-3-1-2-13(10-14)18(25)22-15-6-4-12(5-7-15)19(26)23-21-11-16-8-9-17(29-16)24(27)28/h1-11H,(H,22,25)(H,23,26). The number of hydrogen-bond acceptors (Lipinski definition) is 6. The highest BCUT2D eigenvalue weighted by atomic mass is 35.5. The van der Waals surface area contributed by atoms with Gasteiger partial charge in [0, 0.05) is 27.9 Å². The SMILES string of the molecule is O=C(NN=Cc1ccc([N+](=O)[O-])s1)c1ccc(NC(=O)c2cccc(Cl)c2)cc1. The lowest BCUT2D eigenvalue weighted by Gasteiger charge is -2.06. The van der Waals surface area contributed by atoms with Crippen molar-refractivity contribution in [2.45, 2.75) is 0 Å². The highest BCUT2D eigenvalue weighted by molar-refractivity contribution is 7.16. The van der Waals surface area contributed by atoms with E-state index in [1.807, 2.05) is 0 Å². The van der Waals surface area contributed by atoms with Crippen LogP contribution in [0.15, 0.2) is 65.8 Å². The Morgan fingerprint density at radius 3 is 2.45 bits per heavy atom. The zero-order valence-corrected chi connectivity index (χ0v) is 16.2. The van der Waals surface area contributed by atoms with E-state index in [1.165, 1.54) is 30.5 Å². The fourth-order valence-electron chi connectivity index (χ4n) is 2.27. The number of nitro groups is 1. The number of benzene rings is 2. The molecule has 0 atom stereocenters. The molecular weight excluding hydrogens is 416 g/mol. The van der Waals surface area contributed by atoms with E-state index in [0.717, 1.165) is 11.3 Å². The topological polar surface area (TPSA) is 114 Å². The minimum atomic E-state index is -0.493. The Labute approximate surface area is 174 Å². The number of halogens is 1. The van der Waals surface area contributed by atoms with E-state index in [-0.39, 0.29) is 10.9 Å². The van der Waals surface area contributed by atoms with E-state index in [0.29, 0.717) is 26.7 Å². The van der Waals surface area contributed by atoms with Crippen LogP contribution in [0.4, 0.5) is 10.7 Å². The van der Waals surface area contributed by atoms with E-state index in [1.54, 1.807) is 36.4 Å². The molecule has 0 spiro atoms. The first-order valence-corrected chi connectivity index (χ1v) is 9.36. The first kappa shape index (κ1) is 20.2. The van der Waals surface area contributed by atoms with Crippen molar-refractivity contribution in [2.75, 3.05) is 5.32 Å². The quantitative estimate of drug-likeness (QED) is 0.345. The van der Waals surface area contributed by atoms with Crippen LogP contribution in [0, 0.1) is 10.1 Å². The largest absolute Gasteiger partial charge is 0.324 e. The summed E-state index contributed by atoms with van der Waals surface area (Å²) in [6, 6.07) is 15.7. The summed E-state index contributed by atoms with van der Waals surface area (Å²) in [7, 11) is 0. The van der Waals surface area contributed by atoms with E-state index in [2.05, 4.69) is 15.8 Å². The monoisotopic (exact) mass is 428 g/mol. The van der Waals surface area contributed by atoms with Gasteiger partial charge in [-0.05, 0) is 48.5 Å². The van der Waals surface area contributed by atoms with Crippen LogP contribution in [0.3, 0.4) is 0 Å². The number of carbonyl (C=O) groups excluding carboxylic acids is 2. The van der Waals surface area contributed by atoms with Crippen molar-refractivity contribution in [1.29, 1.82) is 0 Å². The molecule has 3 aromatic rings. The second kappa shape index (κ2) is 9.09. The van der Waals surface area contributed by atoms with Crippen molar-refractivity contribution in [2.24, 2.45) is 5.10 Å². The number of hydrazone groups is 1. The van der Waals surface area contributed by atoms with Gasteiger partial charge in [0.1, 0.15) is 0 Å². The maximum absolute atomic E-state index is 12.2. The Hall–Kier alpha value is -3.56. The third-order valence-corrected chi connectivity index (χ3v) is 4.85. The summed E-state index contributed by atoms with van der Waals surface area (Å²) < 4.78 is 0.